The maximum Gasteiger partial charge on any atom is 0.326 e. The van der Waals surface area contributed by atoms with Crippen LogP contribution in [0.3, 0.4) is 0 Å². The standard InChI is InChI=1S/C30H31FIN7O3/c1-18(40)37-13-10-26-24(17-37)27(19-2-5-21(32)6-3-19)35-38(26)16-23(41)15-36-11-8-22(9-12-36)39-29-20(14-33)4-7-25(31)28(29)34-30(39)42/h2-7,22-23,41H,8-13,15-17H2,1H3,(H,34,42). The van der Waals surface area contributed by atoms with Crippen molar-refractivity contribution >= 4 is 39.5 Å². The van der Waals surface area contributed by atoms with Gasteiger partial charge in [-0.2, -0.15) is 10.4 Å². The molecule has 42 heavy (non-hydrogen) atoms. The highest BCUT2D eigenvalue weighted by atomic mass is 127. The number of aromatic nitrogens is 4. The SMILES string of the molecule is CC(=O)N1CCc2c(c(-c3ccc(I)cc3)nn2CC(O)CN2CCC(n3c(=O)[nH]c4c(F)ccc(C#N)c43)CC2)C1. The van der Waals surface area contributed by atoms with E-state index >= 15 is 0 Å². The number of hydrogen-bond donors (Lipinski definition) is 2. The highest BCUT2D eigenvalue weighted by molar-refractivity contribution is 14.1. The van der Waals surface area contributed by atoms with Gasteiger partial charge in [-0.25, -0.2) is 9.18 Å². The lowest BCUT2D eigenvalue weighted by atomic mass is 10.0. The summed E-state index contributed by atoms with van der Waals surface area (Å²) in [4.78, 5) is 31.5. The van der Waals surface area contributed by atoms with Crippen molar-refractivity contribution in [1.29, 1.82) is 5.26 Å². The molecule has 0 bridgehead atoms. The van der Waals surface area contributed by atoms with Crippen molar-refractivity contribution in [2.45, 2.75) is 51.4 Å². The number of H-pyrrole nitrogens is 1. The quantitative estimate of drug-likeness (QED) is 0.301. The first-order valence-electron chi connectivity index (χ1n) is 14.1. The van der Waals surface area contributed by atoms with Crippen molar-refractivity contribution in [2.24, 2.45) is 0 Å². The van der Waals surface area contributed by atoms with Crippen molar-refractivity contribution in [3.8, 4) is 17.3 Å². The summed E-state index contributed by atoms with van der Waals surface area (Å²) in [6.45, 7) is 4.78. The topological polar surface area (TPSA) is 123 Å². The van der Waals surface area contributed by atoms with Gasteiger partial charge in [0.05, 0.1) is 29.4 Å². The van der Waals surface area contributed by atoms with Gasteiger partial charge in [0, 0.05) is 72.5 Å². The zero-order chi connectivity index (χ0) is 29.5. The molecule has 218 valence electrons. The average molecular weight is 684 g/mol. The number of aliphatic hydroxyl groups excluding tert-OH is 1. The van der Waals surface area contributed by atoms with Crippen molar-refractivity contribution < 1.29 is 14.3 Å². The Balaban J connectivity index is 1.16. The number of nitrogens with zero attached hydrogens (tertiary/aromatic N) is 6. The highest BCUT2D eigenvalue weighted by Gasteiger charge is 2.29. The number of carbonyl (C=O) groups excluding carboxylic acids is 1. The summed E-state index contributed by atoms with van der Waals surface area (Å²) in [7, 11) is 0. The van der Waals surface area contributed by atoms with Crippen molar-refractivity contribution in [1.82, 2.24) is 29.1 Å². The molecule has 1 saturated heterocycles. The molecular weight excluding hydrogens is 652 g/mol. The molecule has 0 saturated carbocycles. The Morgan fingerprint density at radius 3 is 2.62 bits per heavy atom. The zero-order valence-corrected chi connectivity index (χ0v) is 25.3. The van der Waals surface area contributed by atoms with Gasteiger partial charge in [-0.05, 0) is 59.7 Å². The van der Waals surface area contributed by atoms with Crippen LogP contribution in [0.25, 0.3) is 22.3 Å². The van der Waals surface area contributed by atoms with E-state index in [1.165, 1.54) is 16.7 Å². The molecule has 2 aliphatic rings. The van der Waals surface area contributed by atoms with E-state index in [2.05, 4.69) is 38.5 Å². The number of hydrogen-bond acceptors (Lipinski definition) is 6. The van der Waals surface area contributed by atoms with Crippen LogP contribution in [0.1, 0.15) is 42.6 Å². The van der Waals surface area contributed by atoms with E-state index in [1.54, 1.807) is 6.92 Å². The molecule has 10 nitrogen and oxygen atoms in total. The molecule has 0 spiro atoms. The summed E-state index contributed by atoms with van der Waals surface area (Å²) in [6.07, 6.45) is 1.28. The average Bonchev–Trinajstić information content (AvgIpc) is 3.52. The van der Waals surface area contributed by atoms with Gasteiger partial charge in [-0.15, -0.1) is 0 Å². The molecule has 2 aliphatic heterocycles. The molecule has 1 atom stereocenters. The van der Waals surface area contributed by atoms with E-state index in [0.29, 0.717) is 64.0 Å². The smallest absolute Gasteiger partial charge is 0.326 e. The molecule has 6 rings (SSSR count). The van der Waals surface area contributed by atoms with Crippen molar-refractivity contribution in [3.05, 3.63) is 73.1 Å². The third-order valence-electron chi connectivity index (χ3n) is 8.41. The molecule has 4 heterocycles. The summed E-state index contributed by atoms with van der Waals surface area (Å²) in [6, 6.07) is 12.6. The van der Waals surface area contributed by atoms with Gasteiger partial charge in [0.2, 0.25) is 5.91 Å². The third kappa shape index (κ3) is 5.36. The summed E-state index contributed by atoms with van der Waals surface area (Å²) in [5.74, 6) is -0.519. The second kappa shape index (κ2) is 11.6. The Morgan fingerprint density at radius 1 is 1.19 bits per heavy atom. The van der Waals surface area contributed by atoms with Gasteiger partial charge in [0.15, 0.2) is 0 Å². The van der Waals surface area contributed by atoms with Crippen LogP contribution in [0.15, 0.2) is 41.2 Å². The number of nitriles is 1. The van der Waals surface area contributed by atoms with E-state index in [9.17, 15) is 24.3 Å². The normalized spacial score (nSPS) is 16.9. The van der Waals surface area contributed by atoms with Crippen LogP contribution in [-0.2, 0) is 24.3 Å². The molecule has 4 aromatic rings. The Morgan fingerprint density at radius 2 is 1.93 bits per heavy atom. The summed E-state index contributed by atoms with van der Waals surface area (Å²) < 4.78 is 18.9. The lowest BCUT2D eigenvalue weighted by Gasteiger charge is -2.33. The molecule has 12 heteroatoms. The van der Waals surface area contributed by atoms with Gasteiger partial charge in [0.1, 0.15) is 17.4 Å². The van der Waals surface area contributed by atoms with Crippen LogP contribution >= 0.6 is 22.6 Å². The second-order valence-electron chi connectivity index (χ2n) is 11.1. The summed E-state index contributed by atoms with van der Waals surface area (Å²) in [5, 5.41) is 25.6. The lowest BCUT2D eigenvalue weighted by molar-refractivity contribution is -0.129. The van der Waals surface area contributed by atoms with E-state index in [-0.39, 0.29) is 23.0 Å². The fourth-order valence-corrected chi connectivity index (χ4v) is 6.67. The van der Waals surface area contributed by atoms with Crippen molar-refractivity contribution in [3.63, 3.8) is 0 Å². The number of piperidine rings is 1. The van der Waals surface area contributed by atoms with Gasteiger partial charge >= 0.3 is 5.69 Å². The molecule has 1 amide bonds. The van der Waals surface area contributed by atoms with Gasteiger partial charge in [-0.1, -0.05) is 12.1 Å². The number of fused-ring (bicyclic) bond motifs is 2. The maximum atomic E-state index is 14.4. The molecule has 2 aromatic heterocycles. The van der Waals surface area contributed by atoms with Crippen LogP contribution in [0.2, 0.25) is 0 Å². The Kier molecular flexibility index (Phi) is 7.91. The number of aromatic amines is 1. The monoisotopic (exact) mass is 683 g/mol. The number of halogens is 2. The number of carbonyl (C=O) groups is 1. The molecule has 2 aromatic carbocycles. The summed E-state index contributed by atoms with van der Waals surface area (Å²) >= 11 is 2.27. The van der Waals surface area contributed by atoms with E-state index in [0.717, 1.165) is 26.1 Å². The minimum Gasteiger partial charge on any atom is -0.390 e. The predicted octanol–water partition coefficient (Wildman–Crippen LogP) is 3.41. The van der Waals surface area contributed by atoms with E-state index < -0.39 is 17.6 Å². The first kappa shape index (κ1) is 28.6. The molecule has 0 aliphatic carbocycles. The van der Waals surface area contributed by atoms with Crippen LogP contribution < -0.4 is 5.69 Å². The fraction of sp³-hybridized carbons (Fsp3) is 0.400. The van der Waals surface area contributed by atoms with Crippen LogP contribution in [0.5, 0.6) is 0 Å². The number of benzene rings is 2. The van der Waals surface area contributed by atoms with Gasteiger partial charge in [0.25, 0.3) is 0 Å². The Hall–Kier alpha value is -3.54. The number of β-amino-alcohol motifs (C(OH)–C–C–N with tert-alkyl or cyclic N) is 1. The molecule has 2 N–H and O–H groups in total. The number of imidazole rings is 1. The molecule has 0 radical (unpaired) electrons. The van der Waals surface area contributed by atoms with Crippen LogP contribution in [0.4, 0.5) is 4.39 Å². The minimum atomic E-state index is -0.670. The fourth-order valence-electron chi connectivity index (χ4n) is 6.31. The predicted molar refractivity (Wildman–Crippen MR) is 163 cm³/mol. The Bertz CT molecular complexity index is 1750. The number of likely N-dealkylation sites (tertiary alicyclic amines) is 1. The van der Waals surface area contributed by atoms with Gasteiger partial charge in [-0.3, -0.25) is 14.0 Å². The van der Waals surface area contributed by atoms with Crippen LogP contribution in [0, 0.1) is 20.7 Å². The third-order valence-corrected chi connectivity index (χ3v) is 9.13. The summed E-state index contributed by atoms with van der Waals surface area (Å²) in [5.41, 5.74) is 4.15. The first-order valence-corrected chi connectivity index (χ1v) is 15.1. The second-order valence-corrected chi connectivity index (χ2v) is 12.3. The Labute approximate surface area is 255 Å². The van der Waals surface area contributed by atoms with E-state index in [1.807, 2.05) is 33.8 Å². The highest BCUT2D eigenvalue weighted by Crippen LogP contribution is 2.31. The maximum absolute atomic E-state index is 14.4. The van der Waals surface area contributed by atoms with Gasteiger partial charge < -0.3 is 19.9 Å². The molecule has 1 unspecified atom stereocenters. The van der Waals surface area contributed by atoms with Crippen LogP contribution in [-0.4, -0.2) is 72.4 Å². The molecule has 1 fully saturated rings. The van der Waals surface area contributed by atoms with Crippen molar-refractivity contribution in [2.75, 3.05) is 26.2 Å². The lowest BCUT2D eigenvalue weighted by Crippen LogP contribution is -2.42. The number of aliphatic hydroxyl groups is 1. The zero-order valence-electron chi connectivity index (χ0n) is 23.2. The first-order chi connectivity index (χ1) is 20.2. The number of rotatable bonds is 6. The van der Waals surface area contributed by atoms with E-state index in [4.69, 9.17) is 5.10 Å². The number of nitrogens with one attached hydrogen (secondary N) is 1. The molecular formula is C30H31FIN7O3. The largest absolute Gasteiger partial charge is 0.390 e. The minimum absolute atomic E-state index is 0.0364. The number of amides is 1.